The standard InChI is InChI=1S/C23H27F3N6O4/c1-14-8-15(10-30-20(14)36-13-23(24,25)26)11-32-12-16-17(31-32)4-5-27-18(16)9-19(33)28-6-7-29-21(34)22(2,3)35/h4-5,8,10,12,35H,6-7,9,11,13H2,1-3H3,(H,28,33)(H,29,34). The molecule has 3 rings (SSSR count). The van der Waals surface area contributed by atoms with Gasteiger partial charge in [-0.3, -0.25) is 19.3 Å². The number of carbonyl (C=O) groups is 2. The van der Waals surface area contributed by atoms with E-state index in [1.54, 1.807) is 36.1 Å². The molecule has 0 fully saturated rings. The summed E-state index contributed by atoms with van der Waals surface area (Å²) in [6, 6.07) is 3.38. The van der Waals surface area contributed by atoms with E-state index in [-0.39, 0.29) is 31.3 Å². The molecule has 0 saturated carbocycles. The van der Waals surface area contributed by atoms with Crippen LogP contribution in [0.1, 0.15) is 30.7 Å². The molecule has 0 aliphatic carbocycles. The van der Waals surface area contributed by atoms with Gasteiger partial charge in [-0.25, -0.2) is 4.98 Å². The van der Waals surface area contributed by atoms with E-state index >= 15 is 0 Å². The quantitative estimate of drug-likeness (QED) is 0.355. The van der Waals surface area contributed by atoms with Crippen LogP contribution in [0.3, 0.4) is 0 Å². The highest BCUT2D eigenvalue weighted by Gasteiger charge is 2.29. The first-order valence-corrected chi connectivity index (χ1v) is 11.1. The fourth-order valence-corrected chi connectivity index (χ4v) is 3.28. The largest absolute Gasteiger partial charge is 0.468 e. The van der Waals surface area contributed by atoms with Crippen molar-refractivity contribution in [2.24, 2.45) is 0 Å². The zero-order valence-corrected chi connectivity index (χ0v) is 20.0. The minimum absolute atomic E-state index is 0.00558. The molecule has 3 heterocycles. The van der Waals surface area contributed by atoms with Crippen molar-refractivity contribution in [1.29, 1.82) is 0 Å². The minimum atomic E-state index is -4.45. The van der Waals surface area contributed by atoms with Crippen LogP contribution in [-0.2, 0) is 22.6 Å². The zero-order valence-electron chi connectivity index (χ0n) is 20.0. The average molecular weight is 509 g/mol. The number of aliphatic hydroxyl groups is 1. The lowest BCUT2D eigenvalue weighted by Gasteiger charge is -2.16. The van der Waals surface area contributed by atoms with Crippen molar-refractivity contribution in [2.75, 3.05) is 19.7 Å². The van der Waals surface area contributed by atoms with Crippen LogP contribution in [-0.4, -0.2) is 68.1 Å². The number of aryl methyl sites for hydroxylation is 1. The van der Waals surface area contributed by atoms with Gasteiger partial charge in [-0.2, -0.15) is 18.3 Å². The van der Waals surface area contributed by atoms with Gasteiger partial charge in [-0.1, -0.05) is 0 Å². The molecule has 3 aromatic heterocycles. The molecule has 3 N–H and O–H groups in total. The van der Waals surface area contributed by atoms with Gasteiger partial charge in [0.05, 0.1) is 24.2 Å². The normalized spacial score (nSPS) is 12.0. The lowest BCUT2D eigenvalue weighted by molar-refractivity contribution is -0.154. The van der Waals surface area contributed by atoms with Gasteiger partial charge in [0.1, 0.15) is 5.60 Å². The molecule has 10 nitrogen and oxygen atoms in total. The van der Waals surface area contributed by atoms with Crippen molar-refractivity contribution >= 4 is 22.7 Å². The van der Waals surface area contributed by atoms with Crippen LogP contribution in [0.2, 0.25) is 0 Å². The second-order valence-corrected chi connectivity index (χ2v) is 8.73. The smallest absolute Gasteiger partial charge is 0.422 e. The SMILES string of the molecule is Cc1cc(Cn2cc3c(CC(=O)NCCNC(=O)C(C)(C)O)nccc3n2)cnc1OCC(F)(F)F. The first kappa shape index (κ1) is 26.9. The number of fused-ring (bicyclic) bond motifs is 1. The van der Waals surface area contributed by atoms with Crippen molar-refractivity contribution in [1.82, 2.24) is 30.4 Å². The molecular weight excluding hydrogens is 481 g/mol. The van der Waals surface area contributed by atoms with Crippen LogP contribution in [0.5, 0.6) is 5.88 Å². The Morgan fingerprint density at radius 1 is 1.17 bits per heavy atom. The Morgan fingerprint density at radius 3 is 2.56 bits per heavy atom. The summed E-state index contributed by atoms with van der Waals surface area (Å²) in [6.45, 7) is 3.58. The third-order valence-corrected chi connectivity index (χ3v) is 4.98. The number of nitrogens with zero attached hydrogens (tertiary/aromatic N) is 4. The molecule has 0 atom stereocenters. The highest BCUT2D eigenvalue weighted by molar-refractivity contribution is 5.87. The molecule has 0 aliphatic rings. The van der Waals surface area contributed by atoms with Gasteiger partial charge in [-0.15, -0.1) is 0 Å². The van der Waals surface area contributed by atoms with Crippen molar-refractivity contribution in [3.63, 3.8) is 0 Å². The molecule has 3 aromatic rings. The average Bonchev–Trinajstić information content (AvgIpc) is 3.18. The third kappa shape index (κ3) is 7.63. The Kier molecular flexibility index (Phi) is 8.13. The summed E-state index contributed by atoms with van der Waals surface area (Å²) in [5.41, 5.74) is 0.815. The Morgan fingerprint density at radius 2 is 1.89 bits per heavy atom. The number of nitrogens with one attached hydrogen (secondary N) is 2. The van der Waals surface area contributed by atoms with Crippen LogP contribution >= 0.6 is 0 Å². The maximum absolute atomic E-state index is 12.4. The Labute approximate surface area is 204 Å². The number of rotatable bonds is 10. The molecule has 36 heavy (non-hydrogen) atoms. The summed E-state index contributed by atoms with van der Waals surface area (Å²) in [5.74, 6) is -0.919. The Bertz CT molecular complexity index is 1240. The first-order valence-electron chi connectivity index (χ1n) is 11.1. The molecule has 194 valence electrons. The lowest BCUT2D eigenvalue weighted by Crippen LogP contribution is -2.44. The molecule has 0 spiro atoms. The van der Waals surface area contributed by atoms with Crippen molar-refractivity contribution in [3.8, 4) is 5.88 Å². The third-order valence-electron chi connectivity index (χ3n) is 4.98. The predicted octanol–water partition coefficient (Wildman–Crippen LogP) is 1.67. The number of ether oxygens (including phenoxy) is 1. The first-order chi connectivity index (χ1) is 16.8. The van der Waals surface area contributed by atoms with Crippen LogP contribution in [0.25, 0.3) is 10.9 Å². The minimum Gasteiger partial charge on any atom is -0.468 e. The zero-order chi connectivity index (χ0) is 26.5. The van der Waals surface area contributed by atoms with E-state index in [2.05, 4.69) is 25.7 Å². The number of hydrogen-bond donors (Lipinski definition) is 3. The summed E-state index contributed by atoms with van der Waals surface area (Å²) < 4.78 is 43.5. The highest BCUT2D eigenvalue weighted by atomic mass is 19.4. The topological polar surface area (TPSA) is 131 Å². The molecule has 0 bridgehead atoms. The Balaban J connectivity index is 1.61. The summed E-state index contributed by atoms with van der Waals surface area (Å²) in [6.07, 6.45) is 0.253. The molecule has 0 unspecified atom stereocenters. The van der Waals surface area contributed by atoms with E-state index in [1.165, 1.54) is 20.0 Å². The van der Waals surface area contributed by atoms with E-state index in [4.69, 9.17) is 4.74 Å². The molecule has 0 radical (unpaired) electrons. The second kappa shape index (κ2) is 10.9. The van der Waals surface area contributed by atoms with Gasteiger partial charge in [0.15, 0.2) is 6.61 Å². The van der Waals surface area contributed by atoms with Crippen molar-refractivity contribution < 1.29 is 32.6 Å². The van der Waals surface area contributed by atoms with Gasteiger partial charge in [-0.05, 0) is 38.5 Å². The van der Waals surface area contributed by atoms with Crippen LogP contribution in [0.4, 0.5) is 13.2 Å². The van der Waals surface area contributed by atoms with E-state index in [9.17, 15) is 27.9 Å². The number of aromatic nitrogens is 4. The van der Waals surface area contributed by atoms with Gasteiger partial charge in [0.25, 0.3) is 5.91 Å². The van der Waals surface area contributed by atoms with E-state index in [0.29, 0.717) is 34.3 Å². The van der Waals surface area contributed by atoms with Crippen LogP contribution < -0.4 is 15.4 Å². The van der Waals surface area contributed by atoms with Crippen LogP contribution in [0, 0.1) is 6.92 Å². The summed E-state index contributed by atoms with van der Waals surface area (Å²) in [5, 5.41) is 20.0. The molecule has 0 aliphatic heterocycles. The maximum Gasteiger partial charge on any atom is 0.422 e. The van der Waals surface area contributed by atoms with Crippen molar-refractivity contribution in [3.05, 3.63) is 47.5 Å². The van der Waals surface area contributed by atoms with Crippen LogP contribution in [0.15, 0.2) is 30.7 Å². The number of hydrogen-bond acceptors (Lipinski definition) is 7. The monoisotopic (exact) mass is 508 g/mol. The molecule has 0 saturated heterocycles. The number of pyridine rings is 2. The van der Waals surface area contributed by atoms with Gasteiger partial charge in [0.2, 0.25) is 11.8 Å². The van der Waals surface area contributed by atoms with Gasteiger partial charge in [0, 0.05) is 42.6 Å². The molecule has 13 heteroatoms. The summed E-state index contributed by atoms with van der Waals surface area (Å²) >= 11 is 0. The molecular formula is C23H27F3N6O4. The number of amides is 2. The van der Waals surface area contributed by atoms with Crippen molar-refractivity contribution in [2.45, 2.75) is 45.5 Å². The number of alkyl halides is 3. The van der Waals surface area contributed by atoms with E-state index < -0.39 is 24.3 Å². The van der Waals surface area contributed by atoms with Gasteiger partial charge < -0.3 is 20.5 Å². The highest BCUT2D eigenvalue weighted by Crippen LogP contribution is 2.21. The fraction of sp³-hybridized carbons (Fsp3) is 0.435. The van der Waals surface area contributed by atoms with E-state index in [1.807, 2.05) is 0 Å². The summed E-state index contributed by atoms with van der Waals surface area (Å²) in [4.78, 5) is 32.2. The molecule has 0 aromatic carbocycles. The van der Waals surface area contributed by atoms with E-state index in [0.717, 1.165) is 0 Å². The fourth-order valence-electron chi connectivity index (χ4n) is 3.28. The maximum atomic E-state index is 12.4. The second-order valence-electron chi connectivity index (χ2n) is 8.73. The number of halogens is 3. The molecule has 2 amide bonds. The predicted molar refractivity (Wildman–Crippen MR) is 123 cm³/mol. The number of carbonyl (C=O) groups excluding carboxylic acids is 2. The Hall–Kier alpha value is -3.74. The lowest BCUT2D eigenvalue weighted by atomic mass is 10.1. The van der Waals surface area contributed by atoms with Gasteiger partial charge >= 0.3 is 6.18 Å². The summed E-state index contributed by atoms with van der Waals surface area (Å²) in [7, 11) is 0.